The molecule has 1 unspecified atom stereocenters. The minimum Gasteiger partial charge on any atom is -0.472 e. The molecule has 2 aliphatic rings. The first-order chi connectivity index (χ1) is 12.6. The molecule has 0 aromatic carbocycles. The molecule has 0 aliphatic carbocycles. The number of aromatic nitrogens is 1. The number of carbonyl (C=O) groups excluding carboxylic acids is 1. The van der Waals surface area contributed by atoms with Crippen LogP contribution in [0, 0.1) is 6.92 Å². The summed E-state index contributed by atoms with van der Waals surface area (Å²) in [6.45, 7) is 1.93. The second kappa shape index (κ2) is 6.55. The van der Waals surface area contributed by atoms with E-state index in [0.717, 1.165) is 0 Å². The summed E-state index contributed by atoms with van der Waals surface area (Å²) < 4.78 is 45.2. The highest BCUT2D eigenvalue weighted by molar-refractivity contribution is 6.47. The van der Waals surface area contributed by atoms with Crippen LogP contribution in [0.4, 0.5) is 13.2 Å². The molecule has 1 amide bonds. The van der Waals surface area contributed by atoms with Gasteiger partial charge in [0.25, 0.3) is 5.91 Å². The van der Waals surface area contributed by atoms with E-state index in [4.69, 9.17) is 5.11 Å². The van der Waals surface area contributed by atoms with Crippen molar-refractivity contribution >= 4 is 23.8 Å². The number of amides is 1. The number of hydrogen-bond donors (Lipinski definition) is 1. The lowest BCUT2D eigenvalue weighted by Gasteiger charge is -2.25. The van der Waals surface area contributed by atoms with Gasteiger partial charge in [0.05, 0.1) is 18.2 Å². The average Bonchev–Trinajstić information content (AvgIpc) is 3.12. The molecule has 3 rings (SSSR count). The van der Waals surface area contributed by atoms with Crippen LogP contribution in [0.1, 0.15) is 24.1 Å². The number of alkyl halides is 3. The van der Waals surface area contributed by atoms with Gasteiger partial charge in [-0.2, -0.15) is 13.2 Å². The third-order valence-corrected chi connectivity index (χ3v) is 4.33. The molecule has 3 heterocycles. The summed E-state index contributed by atoms with van der Waals surface area (Å²) in [5.41, 5.74) is 1.44. The summed E-state index contributed by atoms with van der Waals surface area (Å²) in [6, 6.07) is 1.13. The van der Waals surface area contributed by atoms with Crippen LogP contribution in [0.15, 0.2) is 23.4 Å². The number of carboxylic acid groups (broad SMARTS) is 1. The van der Waals surface area contributed by atoms with Gasteiger partial charge in [0.1, 0.15) is 5.57 Å². The summed E-state index contributed by atoms with van der Waals surface area (Å²) in [6.07, 6.45) is -1.88. The number of aryl methyl sites for hydroxylation is 1. The Labute approximate surface area is 151 Å². The molecule has 0 saturated carbocycles. The minimum absolute atomic E-state index is 0.0857. The monoisotopic (exact) mass is 382 g/mol. The Hall–Kier alpha value is -3.13. The fraction of sp³-hybridized carbons (Fsp3) is 0.353. The fourth-order valence-corrected chi connectivity index (χ4v) is 2.94. The molecule has 2 aliphatic heterocycles. The molecule has 1 aromatic heterocycles. The lowest BCUT2D eigenvalue weighted by molar-refractivity contribution is -0.154. The van der Waals surface area contributed by atoms with Gasteiger partial charge in [-0.25, -0.2) is 9.78 Å². The van der Waals surface area contributed by atoms with E-state index in [1.165, 1.54) is 17.3 Å². The molecule has 7 nitrogen and oxygen atoms in total. The number of carboxylic acids is 1. The van der Waals surface area contributed by atoms with E-state index in [2.05, 4.69) is 14.4 Å². The number of rotatable bonds is 5. The SMILES string of the molecule is Cc1cc(C(C)N2CC3=C(C=[N+]=C3C(=O)O)C2=O)cnc1OCC(F)(F)F. The van der Waals surface area contributed by atoms with E-state index in [9.17, 15) is 22.8 Å². The van der Waals surface area contributed by atoms with Crippen molar-refractivity contribution in [3.05, 3.63) is 34.5 Å². The number of hydrogen-bond acceptors (Lipinski definition) is 4. The van der Waals surface area contributed by atoms with Crippen molar-refractivity contribution in [2.24, 2.45) is 0 Å². The Kier molecular flexibility index (Phi) is 4.52. The number of halogens is 3. The third kappa shape index (κ3) is 3.56. The first kappa shape index (κ1) is 18.7. The molecule has 1 N–H and O–H groups in total. The maximum absolute atomic E-state index is 12.5. The normalized spacial score (nSPS) is 17.3. The van der Waals surface area contributed by atoms with Crippen LogP contribution in [0.25, 0.3) is 0 Å². The van der Waals surface area contributed by atoms with Crippen molar-refractivity contribution in [1.29, 1.82) is 0 Å². The van der Waals surface area contributed by atoms with Gasteiger partial charge in [-0.1, -0.05) is 4.67 Å². The van der Waals surface area contributed by atoms with Crippen molar-refractivity contribution in [2.45, 2.75) is 26.1 Å². The number of nitrogens with zero attached hydrogens (tertiary/aromatic N) is 3. The summed E-state index contributed by atoms with van der Waals surface area (Å²) in [5, 5.41) is 9.14. The van der Waals surface area contributed by atoms with Crippen molar-refractivity contribution in [2.75, 3.05) is 13.2 Å². The van der Waals surface area contributed by atoms with Crippen LogP contribution >= 0.6 is 0 Å². The fourth-order valence-electron chi connectivity index (χ4n) is 2.94. The van der Waals surface area contributed by atoms with Gasteiger partial charge in [0, 0.05) is 11.8 Å². The second-order valence-electron chi connectivity index (χ2n) is 6.21. The van der Waals surface area contributed by atoms with E-state index < -0.39 is 24.8 Å². The van der Waals surface area contributed by atoms with Gasteiger partial charge in [-0.15, -0.1) is 0 Å². The van der Waals surface area contributed by atoms with Gasteiger partial charge < -0.3 is 14.7 Å². The van der Waals surface area contributed by atoms with Crippen molar-refractivity contribution in [3.8, 4) is 5.88 Å². The van der Waals surface area contributed by atoms with E-state index in [0.29, 0.717) is 16.7 Å². The maximum atomic E-state index is 12.5. The topological polar surface area (TPSA) is 93.8 Å². The van der Waals surface area contributed by atoms with E-state index in [-0.39, 0.29) is 29.6 Å². The average molecular weight is 382 g/mol. The quantitative estimate of drug-likeness (QED) is 0.773. The van der Waals surface area contributed by atoms with Crippen molar-refractivity contribution in [1.82, 2.24) is 14.6 Å². The molecule has 0 saturated heterocycles. The Morgan fingerprint density at radius 1 is 1.48 bits per heavy atom. The lowest BCUT2D eigenvalue weighted by Crippen LogP contribution is -2.32. The van der Waals surface area contributed by atoms with Crippen molar-refractivity contribution < 1.29 is 32.6 Å². The zero-order valence-electron chi connectivity index (χ0n) is 14.4. The summed E-state index contributed by atoms with van der Waals surface area (Å²) >= 11 is 0. The molecule has 27 heavy (non-hydrogen) atoms. The first-order valence-corrected chi connectivity index (χ1v) is 7.93. The van der Waals surface area contributed by atoms with Crippen LogP contribution in [0.3, 0.4) is 0 Å². The van der Waals surface area contributed by atoms with E-state index in [1.807, 2.05) is 0 Å². The van der Waals surface area contributed by atoms with Gasteiger partial charge in [0.2, 0.25) is 5.88 Å². The molecule has 10 heteroatoms. The molecule has 142 valence electrons. The highest BCUT2D eigenvalue weighted by Crippen LogP contribution is 2.31. The van der Waals surface area contributed by atoms with Gasteiger partial charge in [0.15, 0.2) is 6.61 Å². The van der Waals surface area contributed by atoms with Crippen LogP contribution in [0.2, 0.25) is 0 Å². The van der Waals surface area contributed by atoms with Gasteiger partial charge in [-0.3, -0.25) is 4.79 Å². The molecule has 0 fully saturated rings. The van der Waals surface area contributed by atoms with Crippen LogP contribution in [-0.4, -0.2) is 58.1 Å². The molecule has 0 radical (unpaired) electrons. The Morgan fingerprint density at radius 3 is 2.78 bits per heavy atom. The highest BCUT2D eigenvalue weighted by Gasteiger charge is 2.45. The van der Waals surface area contributed by atoms with Crippen LogP contribution < -0.4 is 9.40 Å². The predicted molar refractivity (Wildman–Crippen MR) is 88.5 cm³/mol. The number of ether oxygens (including phenoxy) is 1. The summed E-state index contributed by atoms with van der Waals surface area (Å²) in [5.74, 6) is -1.69. The van der Waals surface area contributed by atoms with Crippen LogP contribution in [-0.2, 0) is 9.59 Å². The number of carbonyl (C=O) groups is 2. The van der Waals surface area contributed by atoms with Gasteiger partial charge in [-0.05, 0) is 25.5 Å². The Bertz CT molecular complexity index is 930. The zero-order valence-corrected chi connectivity index (χ0v) is 14.4. The summed E-state index contributed by atoms with van der Waals surface area (Å²) in [4.78, 5) is 29.1. The molecule has 0 bridgehead atoms. The number of aliphatic carboxylic acids is 1. The predicted octanol–water partition coefficient (Wildman–Crippen LogP) is 1.21. The second-order valence-corrected chi connectivity index (χ2v) is 6.21. The Balaban J connectivity index is 1.75. The highest BCUT2D eigenvalue weighted by atomic mass is 19.4. The largest absolute Gasteiger partial charge is 0.472 e. The first-order valence-electron chi connectivity index (χ1n) is 7.93. The maximum Gasteiger partial charge on any atom is 0.422 e. The van der Waals surface area contributed by atoms with Gasteiger partial charge >= 0.3 is 24.1 Å². The molecule has 1 atom stereocenters. The van der Waals surface area contributed by atoms with E-state index >= 15 is 0 Å². The smallest absolute Gasteiger partial charge is 0.422 e. The van der Waals surface area contributed by atoms with Crippen molar-refractivity contribution in [3.63, 3.8) is 0 Å². The van der Waals surface area contributed by atoms with Crippen LogP contribution in [0.5, 0.6) is 5.88 Å². The Morgan fingerprint density at radius 2 is 2.19 bits per heavy atom. The molecular formula is C17H15F3N3O4+. The number of pyridine rings is 1. The molecule has 1 aromatic rings. The molecular weight excluding hydrogens is 367 g/mol. The third-order valence-electron chi connectivity index (χ3n) is 4.33. The summed E-state index contributed by atoms with van der Waals surface area (Å²) in [7, 11) is 0. The van der Waals surface area contributed by atoms with E-state index in [1.54, 1.807) is 19.9 Å². The molecule has 0 spiro atoms. The zero-order chi connectivity index (χ0) is 19.9. The minimum atomic E-state index is -4.46. The lowest BCUT2D eigenvalue weighted by atomic mass is 10.1. The standard InChI is InChI=1S/C17H14F3N3O4/c1-8-3-10(4-22-14(8)27-7-17(18,19)20)9(2)23-6-12-11(15(23)24)5-21-13(12)16(25)26/h3-5,9H,6-7H2,1-2H3/p+1.